The fourth-order valence-electron chi connectivity index (χ4n) is 0.164. The number of hydrogen-bond donors (Lipinski definition) is 5. The fourth-order valence-corrected chi connectivity index (χ4v) is 0.164. The Hall–Kier alpha value is -4.70. The topological polar surface area (TPSA) is 176 Å². The zero-order valence-corrected chi connectivity index (χ0v) is 42.9. The van der Waals surface area contributed by atoms with Gasteiger partial charge in [-0.3, -0.25) is 9.45 Å². The monoisotopic (exact) mass is 1690 g/mol. The molecule has 3 radical (unpaired) electrons. The number of carbonyl (C=O) groups is 2. The molecule has 0 heterocycles. The Morgan fingerprint density at radius 2 is 0.829 bits per heavy atom. The number of halogens is 15. The van der Waals surface area contributed by atoms with Crippen LogP contribution >= 0.6 is 0 Å². The van der Waals surface area contributed by atoms with Gasteiger partial charge in [-0.1, -0.05) is 6.58 Å². The molecule has 0 unspecified atom stereocenters. The van der Waals surface area contributed by atoms with E-state index >= 15 is 0 Å². The van der Waals surface area contributed by atoms with Gasteiger partial charge in [0, 0.05) is 58.4 Å². The molecule has 7 N–H and O–H groups in total. The van der Waals surface area contributed by atoms with Crippen LogP contribution in [0.25, 0.3) is 0 Å². The van der Waals surface area contributed by atoms with Crippen LogP contribution < -0.4 is 0 Å². The van der Waals surface area contributed by atoms with Crippen molar-refractivity contribution in [1.82, 2.24) is 0 Å². The number of carboxylic acid groups (broad SMARTS) is 2. The first-order valence-electron chi connectivity index (χ1n) is 6.34. The molecule has 0 saturated carbocycles. The fraction of sp³-hybridized carbons (Fsp3) is 0.273. The van der Waals surface area contributed by atoms with Gasteiger partial charge in [0.05, 0.1) is 6.26 Å². The van der Waals surface area contributed by atoms with Gasteiger partial charge >= 0.3 is 49.2 Å². The van der Waals surface area contributed by atoms with Crippen LogP contribution in [0.15, 0.2) is 37.0 Å². The van der Waals surface area contributed by atoms with Crippen molar-refractivity contribution >= 4 is 12.4 Å². The van der Waals surface area contributed by atoms with Crippen LogP contribution in [0, 0.1) is 0 Å². The van der Waals surface area contributed by atoms with Gasteiger partial charge in [-0.25, -0.2) is 9.59 Å². The van der Waals surface area contributed by atoms with Gasteiger partial charge in [-0.05, 0) is 0 Å². The average Bonchev–Trinajstić information content (AvgIpc) is 2.61. The maximum absolute atomic E-state index is 11.0. The van der Waals surface area contributed by atoms with E-state index in [9.17, 15) is 61.5 Å². The van der Waals surface area contributed by atoms with E-state index in [0.29, 0.717) is 0 Å². The first-order chi connectivity index (χ1) is 15.4. The molecule has 0 fully saturated rings. The van der Waals surface area contributed by atoms with E-state index in [1.807, 2.05) is 0 Å². The number of rotatable bonds is 1. The maximum atomic E-state index is 11.0. The van der Waals surface area contributed by atoms with Gasteiger partial charge in [0.2, 0.25) is 0 Å². The summed E-state index contributed by atoms with van der Waals surface area (Å²) in [6, 6.07) is -4.81. The molecule has 0 bridgehead atoms. The minimum Gasteiger partial charge on any atom is -0.516 e. The smallest absolute Gasteiger partial charge is 0.516 e. The Labute approximate surface area is 239 Å². The Balaban J connectivity index is -0.0000000185. The van der Waals surface area contributed by atoms with Gasteiger partial charge in [0.25, 0.3) is 1.45 Å². The number of aliphatic hydroxyl groups excluding tert-OH is 3. The summed E-state index contributed by atoms with van der Waals surface area (Å²) >= 11 is 0. The van der Waals surface area contributed by atoms with E-state index in [4.69, 9.17) is 39.8 Å². The Bertz CT molecular complexity index is 533. The molecule has 30 heteroatoms. The van der Waals surface area contributed by atoms with E-state index in [0.717, 1.165) is 6.26 Å². The summed E-state index contributed by atoms with van der Waals surface area (Å²) in [6.07, 6.45) is -19.4. The first kappa shape index (κ1) is 83.3. The van der Waals surface area contributed by atoms with Crippen molar-refractivity contribution in [2.45, 2.75) is 12.5 Å². The van der Waals surface area contributed by atoms with E-state index in [2.05, 4.69) is 12.8 Å². The molecule has 0 aromatic heterocycles. The molecule has 0 atom stereocenters. The van der Waals surface area contributed by atoms with Crippen molar-refractivity contribution in [2.75, 3.05) is 6.61 Å². The molecular weight excluding hydrogens is 1670 g/mol. The number of alkyl halides is 6. The standard InChI is InChI=1S/C3H2F6O.2C2HF3O.C2H4O.2CHFO2.FH.H2O.3Rf.3Rh/c4-2(5,6)1-10-3(7,8)9;2*3-1(4)2(5)6;1-2-3;2*2-1(3)4;;;;;;;;/h1H2;2*6H;2-3H,1H2;2*(H,3,4);1H;1H2;;;;;;/i/hD. The van der Waals surface area contributed by atoms with Crippen molar-refractivity contribution in [3.8, 4) is 0 Å². The molecule has 0 aliphatic heterocycles. The summed E-state index contributed by atoms with van der Waals surface area (Å²) < 4.78 is 163. The van der Waals surface area contributed by atoms with Crippen LogP contribution in [0.4, 0.5) is 75.8 Å². The second-order valence-electron chi connectivity index (χ2n) is 3.14. The van der Waals surface area contributed by atoms with Crippen LogP contribution in [-0.4, -0.2) is 64.1 Å². The third-order valence-corrected chi connectivity index (χ3v) is 0.711. The summed E-state index contributed by atoms with van der Waals surface area (Å²) in [4.78, 5) is 16.7. The molecule has 0 aliphatic carbocycles. The molecule has 0 aliphatic rings. The summed E-state index contributed by atoms with van der Waals surface area (Å²) in [5.41, 5.74) is 0. The van der Waals surface area contributed by atoms with E-state index in [1.165, 1.54) is 0 Å². The molecule has 0 amide bonds. The molecule has 9 nitrogen and oxygen atoms in total. The predicted molar refractivity (Wildman–Crippen MR) is 81.2 cm³/mol. The summed E-state index contributed by atoms with van der Waals surface area (Å²) in [7, 11) is 0. The number of hydrogen-bond acceptors (Lipinski definition) is 6. The maximum Gasteiger partial charge on any atom is 0.522 e. The Kier molecular flexibility index (Phi) is 105. The quantitative estimate of drug-likeness (QED) is 0.0854. The average molecular weight is 1680 g/mol. The zero-order valence-electron chi connectivity index (χ0n) is 19.7. The zero-order chi connectivity index (χ0) is 30.6. The van der Waals surface area contributed by atoms with E-state index < -0.39 is 55.8 Å². The van der Waals surface area contributed by atoms with Crippen LogP contribution in [0.2, 0.25) is 0 Å². The normalized spacial score (nSPS) is 7.34. The van der Waals surface area contributed by atoms with Crippen molar-refractivity contribution in [1.29, 1.82) is 1.45 Å². The molecular formula is C11H13F15O9Rf3Rh3. The van der Waals surface area contributed by atoms with Crippen molar-refractivity contribution in [3.05, 3.63) is 37.0 Å². The second-order valence-corrected chi connectivity index (χ2v) is 3.14. The third-order valence-electron chi connectivity index (χ3n) is 0.711. The van der Waals surface area contributed by atoms with Crippen molar-refractivity contribution in [2.24, 2.45) is 0 Å². The predicted octanol–water partition coefficient (Wildman–Crippen LogP) is 6.52. The molecule has 41 heavy (non-hydrogen) atoms. The van der Waals surface area contributed by atoms with Gasteiger partial charge in [-0.15, -0.1) is 22.0 Å². The summed E-state index contributed by atoms with van der Waals surface area (Å²) in [5.74, 6) is 0. The SMILES string of the molecule is C=CO.FC(F)(F)COC(F)(F)F.O.O=C(O)F.O=C(O)F.OC(F)=C(F)F.OC(F)=C(F)F.[2H]F.[Rf].[Rf].[Rf].[Rh].[Rh].[Rh]. The van der Waals surface area contributed by atoms with Crippen LogP contribution in [-0.2, 0) is 63.2 Å². The molecule has 0 spiro atoms. The molecule has 0 saturated heterocycles. The van der Waals surface area contributed by atoms with Gasteiger partial charge in [0.1, 0.15) is 0 Å². The Morgan fingerprint density at radius 3 is 0.854 bits per heavy atom. The van der Waals surface area contributed by atoms with Crippen LogP contribution in [0.3, 0.4) is 0 Å². The summed E-state index contributed by atoms with van der Waals surface area (Å²) in [5, 5.41) is 35.0. The van der Waals surface area contributed by atoms with E-state index in [1.54, 1.807) is 0 Å². The number of aliphatic hydroxyl groups is 3. The van der Waals surface area contributed by atoms with Gasteiger partial charge in [-0.2, -0.15) is 39.5 Å². The minimum atomic E-state index is -5.21. The largest absolute Gasteiger partial charge is 0.522 e. The second kappa shape index (κ2) is 51.9. The van der Waals surface area contributed by atoms with Crippen LogP contribution in [0.1, 0.15) is 0 Å². The van der Waals surface area contributed by atoms with Gasteiger partial charge < -0.3 is 31.0 Å². The summed E-state index contributed by atoms with van der Waals surface area (Å²) in [6.45, 7) is 0.622. The third kappa shape index (κ3) is 369. The van der Waals surface area contributed by atoms with E-state index in [-0.39, 0.29) is 63.9 Å². The minimum absolute atomic E-state index is 0. The van der Waals surface area contributed by atoms with Gasteiger partial charge in [0.15, 0.2) is 6.61 Å². The van der Waals surface area contributed by atoms with Crippen molar-refractivity contribution < 1.29 is 170 Å². The molecule has 0 aromatic carbocycles. The number of ether oxygens (including phenoxy) is 1. The molecule has 249 valence electrons. The molecule has 0 rings (SSSR count). The van der Waals surface area contributed by atoms with Crippen LogP contribution in [0.5, 0.6) is 0 Å². The Morgan fingerprint density at radius 1 is 0.707 bits per heavy atom. The molecule has 0 aromatic rings. The first-order valence-corrected chi connectivity index (χ1v) is 5.96. The van der Waals surface area contributed by atoms with Crippen molar-refractivity contribution in [3.63, 3.8) is 0 Å².